The van der Waals surface area contributed by atoms with Crippen molar-refractivity contribution in [2.24, 2.45) is 0 Å². The second-order valence-corrected chi connectivity index (χ2v) is 7.55. The van der Waals surface area contributed by atoms with E-state index in [9.17, 15) is 4.39 Å². The number of rotatable bonds is 5. The molecule has 4 heterocycles. The van der Waals surface area contributed by atoms with Gasteiger partial charge in [0.1, 0.15) is 23.0 Å². The highest BCUT2D eigenvalue weighted by molar-refractivity contribution is 5.81. The molecule has 3 aromatic heterocycles. The molecule has 0 bridgehead atoms. The molecule has 0 aliphatic carbocycles. The lowest BCUT2D eigenvalue weighted by molar-refractivity contribution is 0.163. The summed E-state index contributed by atoms with van der Waals surface area (Å²) in [6.07, 6.45) is 3.48. The third-order valence-electron chi connectivity index (χ3n) is 5.46. The molecule has 1 saturated heterocycles. The van der Waals surface area contributed by atoms with E-state index >= 15 is 0 Å². The number of anilines is 1. The molecule has 0 spiro atoms. The van der Waals surface area contributed by atoms with Gasteiger partial charge in [-0.1, -0.05) is 0 Å². The lowest BCUT2D eigenvalue weighted by atomic mass is 10.2. The Morgan fingerprint density at radius 2 is 1.87 bits per heavy atom. The maximum atomic E-state index is 13.5. The molecule has 0 amide bonds. The molecule has 1 unspecified atom stereocenters. The number of fused-ring (bicyclic) bond motifs is 1. The third-order valence-corrected chi connectivity index (χ3v) is 5.46. The summed E-state index contributed by atoms with van der Waals surface area (Å²) in [7, 11) is 1.72. The first kappa shape index (κ1) is 19.6. The number of ether oxygens (including phenoxy) is 1. The average Bonchev–Trinajstić information content (AvgIpc) is 3.19. The Bertz CT molecular complexity index is 1180. The number of halogens is 1. The zero-order valence-corrected chi connectivity index (χ0v) is 17.2. The number of hydrogen-bond donors (Lipinski definition) is 1. The van der Waals surface area contributed by atoms with E-state index in [0.29, 0.717) is 12.4 Å². The molecule has 8 heteroatoms. The zero-order valence-electron chi connectivity index (χ0n) is 17.2. The normalized spacial score (nSPS) is 16.7. The summed E-state index contributed by atoms with van der Waals surface area (Å²) >= 11 is 0. The Balaban J connectivity index is 1.63. The van der Waals surface area contributed by atoms with Crippen molar-refractivity contribution < 1.29 is 9.13 Å². The van der Waals surface area contributed by atoms with Gasteiger partial charge in [-0.05, 0) is 48.5 Å². The van der Waals surface area contributed by atoms with Crippen LogP contribution in [0.2, 0.25) is 0 Å². The van der Waals surface area contributed by atoms with Crippen LogP contribution in [0.4, 0.5) is 10.2 Å². The van der Waals surface area contributed by atoms with E-state index in [1.807, 2.05) is 28.8 Å². The van der Waals surface area contributed by atoms with Gasteiger partial charge in [-0.25, -0.2) is 14.4 Å². The summed E-state index contributed by atoms with van der Waals surface area (Å²) in [5, 5.41) is 3.47. The second kappa shape index (κ2) is 8.41. The molecule has 0 radical (unpaired) electrons. The number of pyridine rings is 2. The second-order valence-electron chi connectivity index (χ2n) is 7.55. The first-order valence-corrected chi connectivity index (χ1v) is 10.3. The van der Waals surface area contributed by atoms with Crippen LogP contribution in [-0.2, 0) is 4.74 Å². The van der Waals surface area contributed by atoms with Crippen molar-refractivity contribution in [3.05, 3.63) is 66.7 Å². The number of piperazine rings is 1. The Labute approximate surface area is 179 Å². The van der Waals surface area contributed by atoms with E-state index in [2.05, 4.69) is 15.2 Å². The standard InChI is InChI=1S/C23H23FN6O/c1-31-15-18-14-29(13-12-26-18)21-7-6-20-23(28-21)30(19-8-10-25-11-9-19)22(27-20)16-2-4-17(24)5-3-16/h2-11,18,26H,12-15H2,1H3. The van der Waals surface area contributed by atoms with Crippen molar-refractivity contribution in [3.8, 4) is 17.1 Å². The van der Waals surface area contributed by atoms with Crippen LogP contribution in [0.15, 0.2) is 60.9 Å². The van der Waals surface area contributed by atoms with E-state index in [4.69, 9.17) is 14.7 Å². The fourth-order valence-corrected chi connectivity index (χ4v) is 4.00. The van der Waals surface area contributed by atoms with Crippen molar-refractivity contribution in [1.82, 2.24) is 24.8 Å². The molecule has 1 N–H and O–H groups in total. The Kier molecular flexibility index (Phi) is 5.31. The van der Waals surface area contributed by atoms with Crippen molar-refractivity contribution in [1.29, 1.82) is 0 Å². The van der Waals surface area contributed by atoms with Gasteiger partial charge in [-0.2, -0.15) is 0 Å². The number of benzene rings is 1. The molecule has 4 aromatic rings. The fraction of sp³-hybridized carbons (Fsp3) is 0.261. The fourth-order valence-electron chi connectivity index (χ4n) is 4.00. The van der Waals surface area contributed by atoms with E-state index < -0.39 is 0 Å². The van der Waals surface area contributed by atoms with Crippen LogP contribution in [0.25, 0.3) is 28.2 Å². The first-order chi connectivity index (χ1) is 15.2. The van der Waals surface area contributed by atoms with Crippen molar-refractivity contribution in [2.45, 2.75) is 6.04 Å². The SMILES string of the molecule is COCC1CN(c2ccc3nc(-c4ccc(F)cc4)n(-c4ccncc4)c3n2)CCN1. The van der Waals surface area contributed by atoms with Crippen LogP contribution in [0.5, 0.6) is 0 Å². The largest absolute Gasteiger partial charge is 0.383 e. The highest BCUT2D eigenvalue weighted by atomic mass is 19.1. The van der Waals surface area contributed by atoms with Gasteiger partial charge in [0, 0.05) is 50.7 Å². The van der Waals surface area contributed by atoms with Crippen LogP contribution in [0, 0.1) is 5.82 Å². The van der Waals surface area contributed by atoms with E-state index in [0.717, 1.165) is 47.9 Å². The van der Waals surface area contributed by atoms with Gasteiger partial charge in [0.05, 0.1) is 12.3 Å². The van der Waals surface area contributed by atoms with Crippen LogP contribution < -0.4 is 10.2 Å². The molecule has 7 nitrogen and oxygen atoms in total. The van der Waals surface area contributed by atoms with Crippen molar-refractivity contribution in [2.75, 3.05) is 38.3 Å². The van der Waals surface area contributed by atoms with Gasteiger partial charge >= 0.3 is 0 Å². The molecule has 1 aliphatic heterocycles. The minimum Gasteiger partial charge on any atom is -0.383 e. The molecule has 1 aromatic carbocycles. The van der Waals surface area contributed by atoms with E-state index in [-0.39, 0.29) is 11.9 Å². The summed E-state index contributed by atoms with van der Waals surface area (Å²) in [5.41, 5.74) is 3.26. The number of imidazole rings is 1. The van der Waals surface area contributed by atoms with Gasteiger partial charge in [0.2, 0.25) is 0 Å². The van der Waals surface area contributed by atoms with Crippen molar-refractivity contribution in [3.63, 3.8) is 0 Å². The Morgan fingerprint density at radius 3 is 2.65 bits per heavy atom. The molecule has 5 rings (SSSR count). The van der Waals surface area contributed by atoms with Crippen molar-refractivity contribution >= 4 is 17.0 Å². The van der Waals surface area contributed by atoms with Gasteiger partial charge < -0.3 is 15.0 Å². The van der Waals surface area contributed by atoms with Crippen LogP contribution >= 0.6 is 0 Å². The summed E-state index contributed by atoms with van der Waals surface area (Å²) < 4.78 is 20.8. The van der Waals surface area contributed by atoms with Crippen LogP contribution in [0.1, 0.15) is 0 Å². The highest BCUT2D eigenvalue weighted by Gasteiger charge is 2.22. The predicted octanol–water partition coefficient (Wildman–Crippen LogP) is 3.05. The Hall–Kier alpha value is -3.36. The highest BCUT2D eigenvalue weighted by Crippen LogP contribution is 2.29. The minimum atomic E-state index is -0.278. The molecule has 158 valence electrons. The monoisotopic (exact) mass is 418 g/mol. The molecule has 31 heavy (non-hydrogen) atoms. The smallest absolute Gasteiger partial charge is 0.167 e. The zero-order chi connectivity index (χ0) is 21.2. The third kappa shape index (κ3) is 3.87. The minimum absolute atomic E-state index is 0.260. The molecule has 1 atom stereocenters. The number of aromatic nitrogens is 4. The topological polar surface area (TPSA) is 68.1 Å². The lowest BCUT2D eigenvalue weighted by Crippen LogP contribution is -2.52. The summed E-state index contributed by atoms with van der Waals surface area (Å²) in [4.78, 5) is 16.2. The summed E-state index contributed by atoms with van der Waals surface area (Å²) in [5.74, 6) is 1.33. The Morgan fingerprint density at radius 1 is 1.06 bits per heavy atom. The predicted molar refractivity (Wildman–Crippen MR) is 118 cm³/mol. The molecular weight excluding hydrogens is 395 g/mol. The maximum Gasteiger partial charge on any atom is 0.167 e. The van der Waals surface area contributed by atoms with Crippen LogP contribution in [-0.4, -0.2) is 58.9 Å². The molecular formula is C23H23FN6O. The molecule has 1 aliphatic rings. The first-order valence-electron chi connectivity index (χ1n) is 10.3. The average molecular weight is 418 g/mol. The van der Waals surface area contributed by atoms with Gasteiger partial charge in [-0.15, -0.1) is 0 Å². The molecule has 1 fully saturated rings. The lowest BCUT2D eigenvalue weighted by Gasteiger charge is -2.34. The molecule has 0 saturated carbocycles. The number of nitrogens with zero attached hydrogens (tertiary/aromatic N) is 5. The van der Waals surface area contributed by atoms with E-state index in [1.54, 1.807) is 31.6 Å². The van der Waals surface area contributed by atoms with Gasteiger partial charge in [0.25, 0.3) is 0 Å². The number of methoxy groups -OCH3 is 1. The number of hydrogen-bond acceptors (Lipinski definition) is 6. The summed E-state index contributed by atoms with van der Waals surface area (Å²) in [6, 6.07) is 14.5. The van der Waals surface area contributed by atoms with Crippen LogP contribution in [0.3, 0.4) is 0 Å². The van der Waals surface area contributed by atoms with E-state index in [1.165, 1.54) is 12.1 Å². The quantitative estimate of drug-likeness (QED) is 0.537. The van der Waals surface area contributed by atoms with Gasteiger partial charge in [-0.3, -0.25) is 9.55 Å². The van der Waals surface area contributed by atoms with Gasteiger partial charge in [0.15, 0.2) is 5.65 Å². The number of nitrogens with one attached hydrogen (secondary N) is 1. The summed E-state index contributed by atoms with van der Waals surface area (Å²) in [6.45, 7) is 3.22. The maximum absolute atomic E-state index is 13.5.